The van der Waals surface area contributed by atoms with Crippen molar-refractivity contribution < 1.29 is 0 Å². The molecule has 1 heterocycles. The zero-order valence-electron chi connectivity index (χ0n) is 11.5. The molecule has 0 aliphatic heterocycles. The van der Waals surface area contributed by atoms with Crippen molar-refractivity contribution >= 4 is 11.3 Å². The van der Waals surface area contributed by atoms with Crippen LogP contribution in [0.5, 0.6) is 0 Å². The van der Waals surface area contributed by atoms with Gasteiger partial charge in [-0.1, -0.05) is 45.6 Å². The average Bonchev–Trinajstić information content (AvgIpc) is 2.82. The number of unbranched alkanes of at least 4 members (excludes halogenated alkanes) is 2. The minimum absolute atomic E-state index is 0.566. The van der Waals surface area contributed by atoms with Crippen LogP contribution in [0.2, 0.25) is 0 Å². The second kappa shape index (κ2) is 8.71. The lowest BCUT2D eigenvalue weighted by Gasteiger charge is -2.22. The monoisotopic (exact) mass is 253 g/mol. The fourth-order valence-corrected chi connectivity index (χ4v) is 3.03. The molecule has 1 N–H and O–H groups in total. The lowest BCUT2D eigenvalue weighted by Crippen LogP contribution is -2.30. The first-order chi connectivity index (χ1) is 8.27. The molecule has 17 heavy (non-hydrogen) atoms. The fraction of sp³-hybridized carbons (Fsp3) is 0.733. The van der Waals surface area contributed by atoms with E-state index in [0.29, 0.717) is 12.1 Å². The Labute approximate surface area is 111 Å². The normalized spacial score (nSPS) is 14.8. The third kappa shape index (κ3) is 5.69. The van der Waals surface area contributed by atoms with Gasteiger partial charge in [0.25, 0.3) is 0 Å². The second-order valence-electron chi connectivity index (χ2n) is 4.92. The minimum atomic E-state index is 0.566. The Morgan fingerprint density at radius 3 is 2.59 bits per heavy atom. The zero-order valence-corrected chi connectivity index (χ0v) is 12.4. The van der Waals surface area contributed by atoms with E-state index in [1.54, 1.807) is 0 Å². The highest BCUT2D eigenvalue weighted by Gasteiger charge is 2.13. The van der Waals surface area contributed by atoms with E-state index in [4.69, 9.17) is 0 Å². The molecule has 0 aromatic carbocycles. The summed E-state index contributed by atoms with van der Waals surface area (Å²) in [6, 6.07) is 5.62. The number of hydrogen-bond acceptors (Lipinski definition) is 2. The third-order valence-electron chi connectivity index (χ3n) is 3.19. The Morgan fingerprint density at radius 2 is 2.00 bits per heavy atom. The number of rotatable bonds is 9. The topological polar surface area (TPSA) is 12.0 Å². The molecule has 0 bridgehead atoms. The van der Waals surface area contributed by atoms with E-state index in [0.717, 1.165) is 0 Å². The summed E-state index contributed by atoms with van der Waals surface area (Å²) in [7, 11) is 0. The predicted octanol–water partition coefficient (Wildman–Crippen LogP) is 5.15. The van der Waals surface area contributed by atoms with Gasteiger partial charge in [0.15, 0.2) is 0 Å². The van der Waals surface area contributed by atoms with E-state index in [-0.39, 0.29) is 0 Å². The molecule has 0 saturated heterocycles. The molecule has 0 amide bonds. The van der Waals surface area contributed by atoms with Crippen molar-refractivity contribution in [3.63, 3.8) is 0 Å². The van der Waals surface area contributed by atoms with E-state index in [1.807, 2.05) is 11.3 Å². The van der Waals surface area contributed by atoms with Crippen LogP contribution in [0.1, 0.15) is 70.2 Å². The summed E-state index contributed by atoms with van der Waals surface area (Å²) < 4.78 is 0. The molecule has 0 aliphatic carbocycles. The number of hydrogen-bond donors (Lipinski definition) is 1. The van der Waals surface area contributed by atoms with E-state index in [9.17, 15) is 0 Å². The number of nitrogens with one attached hydrogen (secondary N) is 1. The van der Waals surface area contributed by atoms with Crippen LogP contribution in [0.15, 0.2) is 17.5 Å². The predicted molar refractivity (Wildman–Crippen MR) is 78.7 cm³/mol. The minimum Gasteiger partial charge on any atom is -0.307 e. The molecule has 2 unspecified atom stereocenters. The van der Waals surface area contributed by atoms with Crippen LogP contribution in [0.3, 0.4) is 0 Å². The summed E-state index contributed by atoms with van der Waals surface area (Å²) in [5, 5.41) is 5.97. The lowest BCUT2D eigenvalue weighted by molar-refractivity contribution is 0.408. The first-order valence-electron chi connectivity index (χ1n) is 7.07. The summed E-state index contributed by atoms with van der Waals surface area (Å²) in [6.45, 7) is 6.86. The van der Waals surface area contributed by atoms with Crippen LogP contribution >= 0.6 is 11.3 Å². The van der Waals surface area contributed by atoms with E-state index in [1.165, 1.54) is 43.4 Å². The van der Waals surface area contributed by atoms with Crippen LogP contribution in [-0.2, 0) is 0 Å². The van der Waals surface area contributed by atoms with Gasteiger partial charge in [0.1, 0.15) is 0 Å². The van der Waals surface area contributed by atoms with E-state index < -0.39 is 0 Å². The summed E-state index contributed by atoms with van der Waals surface area (Å²) in [6.07, 6.45) is 7.84. The highest BCUT2D eigenvalue weighted by molar-refractivity contribution is 7.10. The number of thiophene rings is 1. The summed E-state index contributed by atoms with van der Waals surface area (Å²) in [5.41, 5.74) is 0. The Bertz CT molecular complexity index is 268. The fourth-order valence-electron chi connectivity index (χ4n) is 2.21. The summed E-state index contributed by atoms with van der Waals surface area (Å²) in [4.78, 5) is 1.49. The molecule has 1 aromatic heterocycles. The van der Waals surface area contributed by atoms with Crippen molar-refractivity contribution in [3.8, 4) is 0 Å². The van der Waals surface area contributed by atoms with Crippen molar-refractivity contribution in [2.24, 2.45) is 0 Å². The first kappa shape index (κ1) is 14.7. The third-order valence-corrected chi connectivity index (χ3v) is 4.18. The molecular weight excluding hydrogens is 226 g/mol. The van der Waals surface area contributed by atoms with E-state index in [2.05, 4.69) is 43.6 Å². The molecule has 0 fully saturated rings. The van der Waals surface area contributed by atoms with Gasteiger partial charge < -0.3 is 5.32 Å². The van der Waals surface area contributed by atoms with Gasteiger partial charge in [-0.3, -0.25) is 0 Å². The van der Waals surface area contributed by atoms with Crippen LogP contribution in [-0.4, -0.2) is 6.04 Å². The van der Waals surface area contributed by atoms with Crippen molar-refractivity contribution in [1.82, 2.24) is 5.32 Å². The smallest absolute Gasteiger partial charge is 0.0416 e. The van der Waals surface area contributed by atoms with Gasteiger partial charge in [-0.25, -0.2) is 0 Å². The molecule has 1 aromatic rings. The second-order valence-corrected chi connectivity index (χ2v) is 5.90. The lowest BCUT2D eigenvalue weighted by atomic mass is 10.1. The molecule has 0 saturated carbocycles. The molecule has 98 valence electrons. The molecule has 0 spiro atoms. The van der Waals surface area contributed by atoms with Gasteiger partial charge in [-0.2, -0.15) is 0 Å². The zero-order chi connectivity index (χ0) is 12.5. The van der Waals surface area contributed by atoms with Gasteiger partial charge in [0.2, 0.25) is 0 Å². The molecular formula is C15H27NS. The Balaban J connectivity index is 2.38. The standard InChI is InChI=1S/C15H27NS/c1-4-6-7-10-13(3)16-14(9-5-2)15-11-8-12-17-15/h8,11-14,16H,4-7,9-10H2,1-3H3. The van der Waals surface area contributed by atoms with Crippen LogP contribution < -0.4 is 5.32 Å². The van der Waals surface area contributed by atoms with Crippen LogP contribution in [0.4, 0.5) is 0 Å². The highest BCUT2D eigenvalue weighted by atomic mass is 32.1. The maximum atomic E-state index is 3.79. The largest absolute Gasteiger partial charge is 0.307 e. The molecule has 1 rings (SSSR count). The molecule has 1 nitrogen and oxygen atoms in total. The summed E-state index contributed by atoms with van der Waals surface area (Å²) >= 11 is 1.88. The van der Waals surface area contributed by atoms with Crippen molar-refractivity contribution in [2.75, 3.05) is 0 Å². The van der Waals surface area contributed by atoms with E-state index >= 15 is 0 Å². The van der Waals surface area contributed by atoms with Crippen LogP contribution in [0, 0.1) is 0 Å². The highest BCUT2D eigenvalue weighted by Crippen LogP contribution is 2.24. The Kier molecular flexibility index (Phi) is 7.54. The Hall–Kier alpha value is -0.340. The van der Waals surface area contributed by atoms with Gasteiger partial charge >= 0.3 is 0 Å². The SMILES string of the molecule is CCCCCC(C)NC(CCC)c1cccs1. The molecule has 0 aliphatic rings. The quantitative estimate of drug-likeness (QED) is 0.600. The van der Waals surface area contributed by atoms with Gasteiger partial charge in [-0.05, 0) is 31.2 Å². The molecule has 2 heteroatoms. The van der Waals surface area contributed by atoms with Crippen LogP contribution in [0.25, 0.3) is 0 Å². The maximum Gasteiger partial charge on any atom is 0.0416 e. The van der Waals surface area contributed by atoms with Crippen molar-refractivity contribution in [3.05, 3.63) is 22.4 Å². The Morgan fingerprint density at radius 1 is 1.18 bits per heavy atom. The van der Waals surface area contributed by atoms with Gasteiger partial charge in [0, 0.05) is 17.0 Å². The summed E-state index contributed by atoms with van der Waals surface area (Å²) in [5.74, 6) is 0. The van der Waals surface area contributed by atoms with Crippen molar-refractivity contribution in [2.45, 2.75) is 71.4 Å². The average molecular weight is 253 g/mol. The van der Waals surface area contributed by atoms with Crippen molar-refractivity contribution in [1.29, 1.82) is 0 Å². The van der Waals surface area contributed by atoms with Gasteiger partial charge in [0.05, 0.1) is 0 Å². The first-order valence-corrected chi connectivity index (χ1v) is 7.95. The maximum absolute atomic E-state index is 3.79. The van der Waals surface area contributed by atoms with Gasteiger partial charge in [-0.15, -0.1) is 11.3 Å². The molecule has 0 radical (unpaired) electrons. The molecule has 2 atom stereocenters.